The molecule has 5 aromatic rings. The van der Waals surface area contributed by atoms with E-state index in [0.29, 0.717) is 18.9 Å². The lowest BCUT2D eigenvalue weighted by atomic mass is 9.99. The summed E-state index contributed by atoms with van der Waals surface area (Å²) in [5, 5.41) is 9.93. The van der Waals surface area contributed by atoms with E-state index in [0.717, 1.165) is 42.2 Å². The van der Waals surface area contributed by atoms with E-state index in [2.05, 4.69) is 35.7 Å². The average molecular weight is 787 g/mol. The van der Waals surface area contributed by atoms with Gasteiger partial charge in [0.2, 0.25) is 0 Å². The smallest absolute Gasteiger partial charge is 0.418 e. The van der Waals surface area contributed by atoms with Crippen molar-refractivity contribution >= 4 is 55.8 Å². The summed E-state index contributed by atoms with van der Waals surface area (Å²) in [6.07, 6.45) is -0.139. The lowest BCUT2D eigenvalue weighted by Crippen LogP contribution is -2.51. The second kappa shape index (κ2) is 13.3. The molecule has 1 saturated carbocycles. The van der Waals surface area contributed by atoms with E-state index in [1.165, 1.54) is 37.3 Å². The molecule has 3 fully saturated rings. The van der Waals surface area contributed by atoms with E-state index in [1.807, 2.05) is 4.90 Å². The number of hydrogen-bond acceptors (Lipinski definition) is 12. The van der Waals surface area contributed by atoms with Crippen molar-refractivity contribution in [3.05, 3.63) is 70.5 Å². The highest BCUT2D eigenvalue weighted by Gasteiger charge is 2.39. The van der Waals surface area contributed by atoms with Crippen LogP contribution in [-0.2, 0) is 21.0 Å². The Morgan fingerprint density at radius 1 is 1.07 bits per heavy atom. The number of amides is 1. The molecule has 1 aliphatic carbocycles. The van der Waals surface area contributed by atoms with Gasteiger partial charge in [-0.2, -0.15) is 31.6 Å². The topological polar surface area (TPSA) is 183 Å². The molecule has 3 aromatic heterocycles. The van der Waals surface area contributed by atoms with Gasteiger partial charge in [-0.1, -0.05) is 11.6 Å². The lowest BCUT2D eigenvalue weighted by Gasteiger charge is -2.34. The normalized spacial score (nSPS) is 18.7. The number of benzene rings is 2. The molecule has 2 aliphatic heterocycles. The third kappa shape index (κ3) is 6.75. The Balaban J connectivity index is 1.09. The number of nitrogen functional groups attached to an aromatic ring is 1. The summed E-state index contributed by atoms with van der Waals surface area (Å²) in [7, 11) is -4.01. The minimum Gasteiger partial charge on any atom is -0.453 e. The number of ether oxygens (including phenoxy) is 1. The van der Waals surface area contributed by atoms with Crippen LogP contribution >= 0.6 is 11.6 Å². The predicted molar refractivity (Wildman–Crippen MR) is 189 cm³/mol. The van der Waals surface area contributed by atoms with Crippen LogP contribution in [0.4, 0.5) is 34.9 Å². The van der Waals surface area contributed by atoms with Crippen molar-refractivity contribution in [1.29, 1.82) is 0 Å². The van der Waals surface area contributed by atoms with E-state index >= 15 is 4.39 Å². The predicted octanol–water partition coefficient (Wildman–Crippen LogP) is 5.06. The number of aromatic nitrogens is 6. The van der Waals surface area contributed by atoms with Crippen molar-refractivity contribution < 1.29 is 35.5 Å². The maximum atomic E-state index is 16.7. The molecule has 2 bridgehead atoms. The summed E-state index contributed by atoms with van der Waals surface area (Å²) in [6, 6.07) is 7.53. The van der Waals surface area contributed by atoms with Gasteiger partial charge in [-0.25, -0.2) is 14.4 Å². The molecule has 20 heteroatoms. The van der Waals surface area contributed by atoms with Crippen LogP contribution < -0.4 is 26.0 Å². The van der Waals surface area contributed by atoms with Crippen LogP contribution in [0.2, 0.25) is 5.02 Å². The molecule has 8 rings (SSSR count). The highest BCUT2D eigenvalue weighted by atomic mass is 35.5. The molecule has 0 spiro atoms. The molecule has 0 radical (unpaired) electrons. The molecular weight excluding hydrogens is 756 g/mol. The number of nitrogens with one attached hydrogen (secondary N) is 2. The van der Waals surface area contributed by atoms with Gasteiger partial charge < -0.3 is 26.0 Å². The van der Waals surface area contributed by atoms with Crippen LogP contribution in [0, 0.1) is 12.7 Å². The minimum absolute atomic E-state index is 0.0742. The van der Waals surface area contributed by atoms with Gasteiger partial charge >= 0.3 is 12.2 Å². The lowest BCUT2D eigenvalue weighted by molar-refractivity contribution is -0.137. The van der Waals surface area contributed by atoms with Crippen LogP contribution in [0.5, 0.6) is 6.01 Å². The first-order valence-corrected chi connectivity index (χ1v) is 18.7. The number of piperazine rings is 1. The van der Waals surface area contributed by atoms with Gasteiger partial charge in [0.05, 0.1) is 26.7 Å². The largest absolute Gasteiger partial charge is 0.453 e. The summed E-state index contributed by atoms with van der Waals surface area (Å²) in [4.78, 5) is 31.5. The number of hydrogen-bond donors (Lipinski definition) is 3. The van der Waals surface area contributed by atoms with E-state index in [4.69, 9.17) is 22.1 Å². The van der Waals surface area contributed by atoms with E-state index in [-0.39, 0.29) is 56.2 Å². The first-order valence-electron chi connectivity index (χ1n) is 16.9. The molecule has 3 aliphatic rings. The molecule has 0 unspecified atom stereocenters. The Kier molecular flexibility index (Phi) is 8.84. The number of rotatable bonds is 9. The molecular formula is C34H31ClF4N10O4S. The highest BCUT2D eigenvalue weighted by molar-refractivity contribution is 7.89. The number of nitrogens with zero attached hydrogens (tertiary/aromatic N) is 7. The number of carbonyl (C=O) groups is 1. The summed E-state index contributed by atoms with van der Waals surface area (Å²) in [6.45, 7) is 1.51. The first kappa shape index (κ1) is 35.9. The minimum atomic E-state index is -4.92. The quantitative estimate of drug-likeness (QED) is 0.169. The van der Waals surface area contributed by atoms with Crippen molar-refractivity contribution in [2.24, 2.45) is 0 Å². The van der Waals surface area contributed by atoms with Crippen LogP contribution in [0.25, 0.3) is 22.2 Å². The van der Waals surface area contributed by atoms with E-state index in [9.17, 15) is 26.4 Å². The van der Waals surface area contributed by atoms with Crippen molar-refractivity contribution in [3.8, 4) is 17.3 Å². The van der Waals surface area contributed by atoms with Gasteiger partial charge in [-0.05, 0) is 74.6 Å². The second-order valence-electron chi connectivity index (χ2n) is 13.5. The van der Waals surface area contributed by atoms with E-state index in [1.54, 1.807) is 0 Å². The average Bonchev–Trinajstić information content (AvgIpc) is 3.73. The maximum Gasteiger partial charge on any atom is 0.418 e. The summed E-state index contributed by atoms with van der Waals surface area (Å²) >= 11 is 6.55. The van der Waals surface area contributed by atoms with Crippen molar-refractivity contribution in [2.75, 3.05) is 35.6 Å². The first-order chi connectivity index (χ1) is 25.7. The Morgan fingerprint density at radius 3 is 2.44 bits per heavy atom. The van der Waals surface area contributed by atoms with Crippen molar-refractivity contribution in [3.63, 3.8) is 0 Å². The molecule has 2 saturated heterocycles. The molecule has 282 valence electrons. The number of anilines is 3. The standard InChI is InChI=1S/C34H31ClF4N10O4S/c1-16-10-24(40)44-30(27(16)34(37,38)39)26-23(35)11-22-29(28(26)36)45-33(46-32(22)48-12-19-4-5-20(13-48)42-19)53-14-25(50)43-18-6-8-21(9-7-18)54(51,52)49-15-41-31(47-49)17-2-3-17/h6-11,15,17,19-20,42H,2-5,12-14H2,1H3,(H2,40,44)(H,43,50)/t19-,20+. The third-order valence-electron chi connectivity index (χ3n) is 9.56. The zero-order valence-electron chi connectivity index (χ0n) is 28.4. The van der Waals surface area contributed by atoms with Crippen molar-refractivity contribution in [2.45, 2.75) is 61.7 Å². The number of nitrogens with two attached hydrogens (primary N) is 1. The number of carbonyl (C=O) groups excluding carboxylic acids is 1. The zero-order chi connectivity index (χ0) is 38.1. The number of pyridine rings is 1. The number of fused-ring (bicyclic) bond motifs is 3. The summed E-state index contributed by atoms with van der Waals surface area (Å²) in [5.41, 5.74) is 2.73. The monoisotopic (exact) mass is 786 g/mol. The van der Waals surface area contributed by atoms with Crippen molar-refractivity contribution in [1.82, 2.24) is 34.4 Å². The Hall–Kier alpha value is -5.14. The molecule has 2 atom stereocenters. The molecule has 54 heavy (non-hydrogen) atoms. The Bertz CT molecular complexity index is 2410. The van der Waals surface area contributed by atoms with Gasteiger partial charge in [0.25, 0.3) is 15.9 Å². The zero-order valence-corrected chi connectivity index (χ0v) is 29.9. The molecule has 1 amide bonds. The highest BCUT2D eigenvalue weighted by Crippen LogP contribution is 2.45. The van der Waals surface area contributed by atoms with Crippen LogP contribution in [0.1, 0.15) is 48.6 Å². The molecule has 2 aromatic carbocycles. The van der Waals surface area contributed by atoms with Crippen LogP contribution in [-0.4, -0.2) is 75.2 Å². The SMILES string of the molecule is Cc1cc(N)nc(-c2c(Cl)cc3c(N4C[C@H]5CC[C@@H](C4)N5)nc(OCC(=O)Nc4ccc(S(=O)(=O)n5cnc(C6CC6)n5)cc4)nc3c2F)c1C(F)(F)F. The molecule has 4 N–H and O–H groups in total. The Morgan fingerprint density at radius 2 is 1.78 bits per heavy atom. The van der Waals surface area contributed by atoms with Gasteiger partial charge in [-0.15, -0.1) is 9.19 Å². The molecule has 5 heterocycles. The van der Waals surface area contributed by atoms with E-state index < -0.39 is 62.9 Å². The van der Waals surface area contributed by atoms with Gasteiger partial charge in [0, 0.05) is 42.2 Å². The summed E-state index contributed by atoms with van der Waals surface area (Å²) in [5.74, 6) is -1.30. The molecule has 14 nitrogen and oxygen atoms in total. The number of halogens is 5. The second-order valence-corrected chi connectivity index (χ2v) is 15.7. The fourth-order valence-electron chi connectivity index (χ4n) is 6.94. The van der Waals surface area contributed by atoms with Gasteiger partial charge in [0.1, 0.15) is 23.5 Å². The summed E-state index contributed by atoms with van der Waals surface area (Å²) < 4.78 is 92.0. The fourth-order valence-corrected chi connectivity index (χ4v) is 8.28. The maximum absolute atomic E-state index is 16.7. The third-order valence-corrected chi connectivity index (χ3v) is 11.4. The van der Waals surface area contributed by atoms with Gasteiger partial charge in [0.15, 0.2) is 18.2 Å². The number of aryl methyl sites for hydroxylation is 1. The van der Waals surface area contributed by atoms with Crippen LogP contribution in [0.15, 0.2) is 47.6 Å². The fraction of sp³-hybridized carbons (Fsp3) is 0.353. The van der Waals surface area contributed by atoms with Crippen LogP contribution in [0.3, 0.4) is 0 Å². The number of alkyl halides is 3. The van der Waals surface area contributed by atoms with Gasteiger partial charge in [-0.3, -0.25) is 4.79 Å². The Labute approximate surface area is 310 Å².